The van der Waals surface area contributed by atoms with Crippen LogP contribution >= 0.6 is 0 Å². The Morgan fingerprint density at radius 1 is 1.22 bits per heavy atom. The molecule has 10 heteroatoms. The van der Waals surface area contributed by atoms with Gasteiger partial charge in [-0.3, -0.25) is 10.2 Å². The molecule has 1 heterocycles. The van der Waals surface area contributed by atoms with E-state index in [9.17, 15) is 18.4 Å². The van der Waals surface area contributed by atoms with E-state index in [1.165, 1.54) is 35.2 Å². The molecule has 3 amide bonds. The zero-order chi connectivity index (χ0) is 23.4. The Balaban J connectivity index is 1.83. The molecule has 1 saturated heterocycles. The summed E-state index contributed by atoms with van der Waals surface area (Å²) in [5, 5.41) is 22.8. The van der Waals surface area contributed by atoms with E-state index in [4.69, 9.17) is 16.4 Å². The van der Waals surface area contributed by atoms with Gasteiger partial charge < -0.3 is 21.3 Å². The number of amides is 3. The Morgan fingerprint density at radius 2 is 1.97 bits per heavy atom. The van der Waals surface area contributed by atoms with E-state index in [2.05, 4.69) is 10.6 Å². The van der Waals surface area contributed by atoms with E-state index >= 15 is 0 Å². The second kappa shape index (κ2) is 9.26. The fourth-order valence-corrected chi connectivity index (χ4v) is 3.26. The summed E-state index contributed by atoms with van der Waals surface area (Å²) in [6.07, 6.45) is 0. The molecule has 5 N–H and O–H groups in total. The topological polar surface area (TPSA) is 135 Å². The van der Waals surface area contributed by atoms with E-state index in [1.54, 1.807) is 13.0 Å². The molecule has 0 radical (unpaired) electrons. The molecule has 1 fully saturated rings. The largest absolute Gasteiger partial charge is 0.384 e. The number of nitrogens with zero attached hydrogens (tertiary/aromatic N) is 2. The fourth-order valence-electron chi connectivity index (χ4n) is 3.26. The van der Waals surface area contributed by atoms with Crippen molar-refractivity contribution in [3.8, 4) is 6.07 Å². The lowest BCUT2D eigenvalue weighted by Gasteiger charge is -2.31. The number of anilines is 1. The number of piperazine rings is 1. The van der Waals surface area contributed by atoms with Crippen LogP contribution in [0.25, 0.3) is 0 Å². The van der Waals surface area contributed by atoms with Crippen LogP contribution in [0.15, 0.2) is 47.7 Å². The average molecular weight is 438 g/mol. The number of urea groups is 1. The SMILES string of the molecule is Cc1cc(C(=N)/C(C(N)=O)=C2/CN(C(=O)Nc3ccc(C#N)c(F)c3)CCN2)ccc1F. The Kier molecular flexibility index (Phi) is 6.49. The molecule has 8 nitrogen and oxygen atoms in total. The van der Waals surface area contributed by atoms with Crippen molar-refractivity contribution in [2.75, 3.05) is 25.0 Å². The molecule has 32 heavy (non-hydrogen) atoms. The zero-order valence-corrected chi connectivity index (χ0v) is 17.1. The first-order valence-electron chi connectivity index (χ1n) is 9.59. The van der Waals surface area contributed by atoms with Gasteiger partial charge in [0.15, 0.2) is 0 Å². The molecule has 164 valence electrons. The highest BCUT2D eigenvalue weighted by molar-refractivity contribution is 6.27. The lowest BCUT2D eigenvalue weighted by Crippen LogP contribution is -2.48. The fraction of sp³-hybridized carbons (Fsp3) is 0.182. The van der Waals surface area contributed by atoms with E-state index in [0.29, 0.717) is 11.1 Å². The number of hydrogen-bond donors (Lipinski definition) is 4. The lowest BCUT2D eigenvalue weighted by molar-refractivity contribution is -0.114. The molecule has 2 aromatic carbocycles. The average Bonchev–Trinajstić information content (AvgIpc) is 2.76. The minimum absolute atomic E-state index is 0.0502. The van der Waals surface area contributed by atoms with Crippen LogP contribution < -0.4 is 16.4 Å². The van der Waals surface area contributed by atoms with Crippen LogP contribution in [0.3, 0.4) is 0 Å². The molecule has 0 spiro atoms. The number of primary amides is 1. The minimum atomic E-state index is -0.865. The number of aryl methyl sites for hydroxylation is 1. The number of carbonyl (C=O) groups is 2. The van der Waals surface area contributed by atoms with Gasteiger partial charge in [-0.25, -0.2) is 13.6 Å². The maximum Gasteiger partial charge on any atom is 0.322 e. The van der Waals surface area contributed by atoms with Crippen molar-refractivity contribution in [3.63, 3.8) is 0 Å². The van der Waals surface area contributed by atoms with Crippen molar-refractivity contribution in [2.24, 2.45) is 5.73 Å². The van der Waals surface area contributed by atoms with Gasteiger partial charge in [-0.1, -0.05) is 0 Å². The summed E-state index contributed by atoms with van der Waals surface area (Å²) >= 11 is 0. The van der Waals surface area contributed by atoms with E-state index in [0.717, 1.165) is 6.07 Å². The molecule has 0 unspecified atom stereocenters. The van der Waals surface area contributed by atoms with Crippen molar-refractivity contribution < 1.29 is 18.4 Å². The number of nitriles is 1. The highest BCUT2D eigenvalue weighted by atomic mass is 19.1. The van der Waals surface area contributed by atoms with E-state index in [1.807, 2.05) is 0 Å². The number of benzene rings is 2. The van der Waals surface area contributed by atoms with Crippen LogP contribution in [0.4, 0.5) is 19.3 Å². The maximum atomic E-state index is 13.8. The first kappa shape index (κ1) is 22.4. The smallest absolute Gasteiger partial charge is 0.322 e. The summed E-state index contributed by atoms with van der Waals surface area (Å²) in [7, 11) is 0. The van der Waals surface area contributed by atoms with Crippen LogP contribution in [-0.2, 0) is 4.79 Å². The van der Waals surface area contributed by atoms with Gasteiger partial charge in [0.1, 0.15) is 17.7 Å². The monoisotopic (exact) mass is 438 g/mol. The summed E-state index contributed by atoms with van der Waals surface area (Å²) in [6.45, 7) is 2.06. The molecule has 0 saturated carbocycles. The highest BCUT2D eigenvalue weighted by Gasteiger charge is 2.26. The summed E-state index contributed by atoms with van der Waals surface area (Å²) in [6, 6.07) is 8.86. The molecule has 1 aliphatic rings. The van der Waals surface area contributed by atoms with Gasteiger partial charge in [-0.05, 0) is 48.9 Å². The Labute approximate surface area is 182 Å². The van der Waals surface area contributed by atoms with Crippen LogP contribution in [0.2, 0.25) is 0 Å². The van der Waals surface area contributed by atoms with Gasteiger partial charge in [0.25, 0.3) is 5.91 Å². The summed E-state index contributed by atoms with van der Waals surface area (Å²) in [5.41, 5.74) is 6.14. The standard InChI is InChI=1S/C22H20F2N6O2/c1-12-8-13(3-5-16(12)23)20(26)19(21(27)31)18-11-30(7-6-28-18)22(32)29-15-4-2-14(10-25)17(24)9-15/h2-5,8-9,26,28H,6-7,11H2,1H3,(H2,27,31)(H,29,32)/b19-18+,26-20?. The van der Waals surface area contributed by atoms with Crippen LogP contribution in [0.5, 0.6) is 0 Å². The van der Waals surface area contributed by atoms with E-state index in [-0.39, 0.29) is 47.9 Å². The predicted molar refractivity (Wildman–Crippen MR) is 114 cm³/mol. The number of carbonyl (C=O) groups excluding carboxylic acids is 2. The molecule has 0 aromatic heterocycles. The summed E-state index contributed by atoms with van der Waals surface area (Å²) in [5.74, 6) is -2.06. The van der Waals surface area contributed by atoms with Crippen LogP contribution in [-0.4, -0.2) is 42.2 Å². The third-order valence-electron chi connectivity index (χ3n) is 4.94. The summed E-state index contributed by atoms with van der Waals surface area (Å²) in [4.78, 5) is 26.2. The van der Waals surface area contributed by atoms with Crippen LogP contribution in [0, 0.1) is 35.3 Å². The van der Waals surface area contributed by atoms with Gasteiger partial charge in [-0.2, -0.15) is 5.26 Å². The van der Waals surface area contributed by atoms with Gasteiger partial charge in [0.2, 0.25) is 0 Å². The second-order valence-corrected chi connectivity index (χ2v) is 7.14. The number of halogens is 2. The molecular weight excluding hydrogens is 418 g/mol. The van der Waals surface area contributed by atoms with Gasteiger partial charge in [-0.15, -0.1) is 0 Å². The summed E-state index contributed by atoms with van der Waals surface area (Å²) < 4.78 is 27.4. The molecular formula is C22H20F2N6O2. The lowest BCUT2D eigenvalue weighted by atomic mass is 9.97. The normalized spacial score (nSPS) is 14.8. The first-order valence-corrected chi connectivity index (χ1v) is 9.59. The number of nitrogens with one attached hydrogen (secondary N) is 3. The Hall–Kier alpha value is -4.26. The molecule has 0 aliphatic carbocycles. The number of nitrogens with two attached hydrogens (primary N) is 1. The molecule has 3 rings (SSSR count). The maximum absolute atomic E-state index is 13.8. The second-order valence-electron chi connectivity index (χ2n) is 7.14. The van der Waals surface area contributed by atoms with Crippen molar-refractivity contribution in [3.05, 3.63) is 76.0 Å². The molecule has 0 bridgehead atoms. The quantitative estimate of drug-likeness (QED) is 0.431. The number of hydrogen-bond acceptors (Lipinski definition) is 5. The minimum Gasteiger partial charge on any atom is -0.384 e. The number of rotatable bonds is 4. The van der Waals surface area contributed by atoms with Gasteiger partial charge in [0.05, 0.1) is 23.4 Å². The van der Waals surface area contributed by atoms with Gasteiger partial charge >= 0.3 is 6.03 Å². The van der Waals surface area contributed by atoms with E-state index < -0.39 is 23.6 Å². The zero-order valence-electron chi connectivity index (χ0n) is 17.1. The third kappa shape index (κ3) is 4.73. The van der Waals surface area contributed by atoms with Crippen LogP contribution in [0.1, 0.15) is 16.7 Å². The Bertz CT molecular complexity index is 1190. The Morgan fingerprint density at radius 3 is 2.59 bits per heavy atom. The predicted octanol–water partition coefficient (Wildman–Crippen LogP) is 2.39. The molecule has 0 atom stereocenters. The van der Waals surface area contributed by atoms with Crippen molar-refractivity contribution in [1.82, 2.24) is 10.2 Å². The van der Waals surface area contributed by atoms with Crippen molar-refractivity contribution in [1.29, 1.82) is 10.7 Å². The van der Waals surface area contributed by atoms with Gasteiger partial charge in [0, 0.05) is 30.0 Å². The highest BCUT2D eigenvalue weighted by Crippen LogP contribution is 2.19. The van der Waals surface area contributed by atoms with Crippen molar-refractivity contribution >= 4 is 23.3 Å². The molecule has 2 aromatic rings. The third-order valence-corrected chi connectivity index (χ3v) is 4.94. The van der Waals surface area contributed by atoms with Crippen molar-refractivity contribution in [2.45, 2.75) is 6.92 Å². The molecule has 1 aliphatic heterocycles. The first-order chi connectivity index (χ1) is 15.2.